The number of pyridine rings is 1. The van der Waals surface area contributed by atoms with Crippen molar-refractivity contribution in [3.8, 4) is 0 Å². The van der Waals surface area contributed by atoms with Crippen molar-refractivity contribution in [2.24, 2.45) is 0 Å². The summed E-state index contributed by atoms with van der Waals surface area (Å²) in [6.45, 7) is 4.21. The number of aromatic nitrogens is 2. The van der Waals surface area contributed by atoms with E-state index in [4.69, 9.17) is 4.42 Å². The molecule has 23 heavy (non-hydrogen) atoms. The van der Waals surface area contributed by atoms with Gasteiger partial charge in [0.15, 0.2) is 0 Å². The highest BCUT2D eigenvalue weighted by Gasteiger charge is 2.16. The maximum absolute atomic E-state index is 5.42. The van der Waals surface area contributed by atoms with Crippen LogP contribution in [0.3, 0.4) is 0 Å². The Hall–Kier alpha value is -2.49. The Bertz CT molecular complexity index is 830. The Balaban J connectivity index is 1.46. The van der Waals surface area contributed by atoms with E-state index in [2.05, 4.69) is 40.0 Å². The van der Waals surface area contributed by atoms with Crippen LogP contribution in [-0.4, -0.2) is 23.1 Å². The summed E-state index contributed by atoms with van der Waals surface area (Å²) < 4.78 is 5.42. The van der Waals surface area contributed by atoms with E-state index < -0.39 is 0 Å². The molecule has 0 bridgehead atoms. The predicted octanol–water partition coefficient (Wildman–Crippen LogP) is 4.23. The number of anilines is 1. The summed E-state index contributed by atoms with van der Waals surface area (Å²) in [5.41, 5.74) is 5.06. The van der Waals surface area contributed by atoms with Crippen molar-refractivity contribution in [1.82, 2.24) is 9.97 Å². The minimum atomic E-state index is 0.964. The Morgan fingerprint density at radius 3 is 3.04 bits per heavy atom. The van der Waals surface area contributed by atoms with E-state index in [1.807, 2.05) is 18.5 Å². The molecular weight excluding hydrogens is 286 g/mol. The van der Waals surface area contributed by atoms with E-state index in [1.165, 1.54) is 22.2 Å². The number of nitrogens with one attached hydrogen (secondary N) is 1. The fourth-order valence-corrected chi connectivity index (χ4v) is 3.35. The molecule has 118 valence electrons. The van der Waals surface area contributed by atoms with Crippen LogP contribution in [0.15, 0.2) is 52.9 Å². The van der Waals surface area contributed by atoms with Crippen molar-refractivity contribution in [1.29, 1.82) is 0 Å². The van der Waals surface area contributed by atoms with Crippen molar-refractivity contribution in [2.75, 3.05) is 18.0 Å². The first-order chi connectivity index (χ1) is 11.3. The number of hydrogen-bond donors (Lipinski definition) is 1. The van der Waals surface area contributed by atoms with Crippen LogP contribution in [0.4, 0.5) is 5.69 Å². The first kappa shape index (κ1) is 14.1. The van der Waals surface area contributed by atoms with Crippen LogP contribution in [0.5, 0.6) is 0 Å². The van der Waals surface area contributed by atoms with Crippen molar-refractivity contribution in [2.45, 2.75) is 26.2 Å². The van der Waals surface area contributed by atoms with Crippen LogP contribution in [0, 0.1) is 6.92 Å². The molecule has 0 amide bonds. The molecule has 3 aromatic heterocycles. The largest absolute Gasteiger partial charge is 0.469 e. The molecule has 1 aliphatic rings. The molecule has 4 heterocycles. The fraction of sp³-hybridized carbons (Fsp3) is 0.316. The number of aryl methyl sites for hydroxylation is 2. The number of fused-ring (bicyclic) bond motifs is 1. The van der Waals surface area contributed by atoms with Crippen LogP contribution in [0.25, 0.3) is 11.0 Å². The average molecular weight is 307 g/mol. The molecule has 0 fully saturated rings. The van der Waals surface area contributed by atoms with Gasteiger partial charge in [-0.2, -0.15) is 0 Å². The highest BCUT2D eigenvalue weighted by Crippen LogP contribution is 2.28. The summed E-state index contributed by atoms with van der Waals surface area (Å²) in [5, 5.41) is 1.22. The van der Waals surface area contributed by atoms with Gasteiger partial charge in [-0.3, -0.25) is 0 Å². The minimum absolute atomic E-state index is 0.964. The van der Waals surface area contributed by atoms with E-state index in [0.717, 1.165) is 43.8 Å². The van der Waals surface area contributed by atoms with Crippen molar-refractivity contribution in [3.63, 3.8) is 0 Å². The number of hydrogen-bond acceptors (Lipinski definition) is 3. The van der Waals surface area contributed by atoms with Gasteiger partial charge in [0.1, 0.15) is 11.4 Å². The van der Waals surface area contributed by atoms with Crippen LogP contribution in [-0.2, 0) is 6.42 Å². The van der Waals surface area contributed by atoms with Gasteiger partial charge in [-0.05, 0) is 43.5 Å². The van der Waals surface area contributed by atoms with Gasteiger partial charge in [-0.15, -0.1) is 0 Å². The lowest BCUT2D eigenvalue weighted by molar-refractivity contribution is 0.506. The van der Waals surface area contributed by atoms with Crippen LogP contribution >= 0.6 is 0 Å². The van der Waals surface area contributed by atoms with E-state index in [-0.39, 0.29) is 0 Å². The minimum Gasteiger partial charge on any atom is -0.469 e. The third-order valence-corrected chi connectivity index (χ3v) is 4.75. The Morgan fingerprint density at radius 2 is 2.26 bits per heavy atom. The van der Waals surface area contributed by atoms with Gasteiger partial charge in [0, 0.05) is 31.1 Å². The quantitative estimate of drug-likeness (QED) is 0.733. The van der Waals surface area contributed by atoms with Crippen LogP contribution in [0.1, 0.15) is 24.2 Å². The summed E-state index contributed by atoms with van der Waals surface area (Å²) in [6, 6.07) is 6.12. The van der Waals surface area contributed by atoms with Gasteiger partial charge in [0.2, 0.25) is 0 Å². The van der Waals surface area contributed by atoms with Crippen molar-refractivity contribution in [3.05, 3.63) is 59.8 Å². The number of rotatable bonds is 4. The first-order valence-corrected chi connectivity index (χ1v) is 8.19. The third-order valence-electron chi connectivity index (χ3n) is 4.75. The molecule has 0 saturated heterocycles. The monoisotopic (exact) mass is 307 g/mol. The lowest BCUT2D eigenvalue weighted by Gasteiger charge is -2.29. The van der Waals surface area contributed by atoms with Gasteiger partial charge < -0.3 is 14.3 Å². The molecule has 0 unspecified atom stereocenters. The maximum Gasteiger partial charge on any atom is 0.137 e. The summed E-state index contributed by atoms with van der Waals surface area (Å²) in [7, 11) is 0. The van der Waals surface area contributed by atoms with Crippen LogP contribution < -0.4 is 4.90 Å². The third kappa shape index (κ3) is 2.77. The standard InChI is InChI=1S/C19H21N3O/c1-14-17-6-9-20-19(17)21-13-18(14)22-10-7-15(8-11-22)4-5-16-3-2-12-23-16/h2-3,6-7,9,12-13H,4-5,8,10-11H2,1H3,(H,20,21). The van der Waals surface area contributed by atoms with Crippen molar-refractivity contribution >= 4 is 16.7 Å². The second-order valence-electron chi connectivity index (χ2n) is 6.15. The molecule has 1 aliphatic heterocycles. The average Bonchev–Trinajstić information content (AvgIpc) is 3.26. The van der Waals surface area contributed by atoms with Gasteiger partial charge in [0.25, 0.3) is 0 Å². The summed E-state index contributed by atoms with van der Waals surface area (Å²) >= 11 is 0. The lowest BCUT2D eigenvalue weighted by atomic mass is 10.0. The number of aromatic amines is 1. The summed E-state index contributed by atoms with van der Waals surface area (Å²) in [6.07, 6.45) is 11.3. The zero-order valence-electron chi connectivity index (χ0n) is 13.4. The molecule has 4 nitrogen and oxygen atoms in total. The molecule has 0 aliphatic carbocycles. The topological polar surface area (TPSA) is 45.1 Å². The van der Waals surface area contributed by atoms with Crippen molar-refractivity contribution < 1.29 is 4.42 Å². The first-order valence-electron chi connectivity index (χ1n) is 8.19. The Kier molecular flexibility index (Phi) is 3.66. The molecule has 0 aromatic carbocycles. The second kappa shape index (κ2) is 5.95. The van der Waals surface area contributed by atoms with E-state index in [0.29, 0.717) is 0 Å². The number of nitrogens with zero attached hydrogens (tertiary/aromatic N) is 2. The molecule has 3 aromatic rings. The fourth-order valence-electron chi connectivity index (χ4n) is 3.35. The molecule has 0 atom stereocenters. The zero-order valence-corrected chi connectivity index (χ0v) is 13.4. The summed E-state index contributed by atoms with van der Waals surface area (Å²) in [5.74, 6) is 1.08. The maximum atomic E-state index is 5.42. The SMILES string of the molecule is Cc1c(N2CC=C(CCc3ccco3)CC2)cnc2[nH]ccc12. The summed E-state index contributed by atoms with van der Waals surface area (Å²) in [4.78, 5) is 10.1. The van der Waals surface area contributed by atoms with E-state index in [9.17, 15) is 0 Å². The normalized spacial score (nSPS) is 15.2. The second-order valence-corrected chi connectivity index (χ2v) is 6.15. The van der Waals surface area contributed by atoms with Crippen LogP contribution in [0.2, 0.25) is 0 Å². The molecular formula is C19H21N3O. The molecule has 0 spiro atoms. The molecule has 4 rings (SSSR count). The molecule has 4 heteroatoms. The molecule has 0 radical (unpaired) electrons. The van der Waals surface area contributed by atoms with Gasteiger partial charge >= 0.3 is 0 Å². The smallest absolute Gasteiger partial charge is 0.137 e. The lowest BCUT2D eigenvalue weighted by Crippen LogP contribution is -2.29. The van der Waals surface area contributed by atoms with E-state index in [1.54, 1.807) is 6.26 Å². The Morgan fingerprint density at radius 1 is 1.30 bits per heavy atom. The highest BCUT2D eigenvalue weighted by atomic mass is 16.3. The highest BCUT2D eigenvalue weighted by molar-refractivity contribution is 5.84. The van der Waals surface area contributed by atoms with E-state index >= 15 is 0 Å². The van der Waals surface area contributed by atoms with Gasteiger partial charge in [-0.25, -0.2) is 4.98 Å². The molecule has 1 N–H and O–H groups in total. The number of H-pyrrole nitrogens is 1. The van der Waals surface area contributed by atoms with Gasteiger partial charge in [-0.1, -0.05) is 11.6 Å². The molecule has 0 saturated carbocycles. The zero-order chi connectivity index (χ0) is 15.6. The Labute approximate surface area is 135 Å². The predicted molar refractivity (Wildman–Crippen MR) is 92.8 cm³/mol. The van der Waals surface area contributed by atoms with Gasteiger partial charge in [0.05, 0.1) is 18.1 Å². The number of furan rings is 1.